The maximum absolute atomic E-state index is 12.9. The second-order valence-corrected chi connectivity index (χ2v) is 5.89. The Morgan fingerprint density at radius 3 is 2.47 bits per heavy atom. The number of hydrogen-bond donors (Lipinski definition) is 1. The van der Waals surface area contributed by atoms with Crippen molar-refractivity contribution >= 4 is 5.69 Å². The molecule has 0 radical (unpaired) electrons. The molecule has 0 aromatic heterocycles. The molecule has 2 nitrogen and oxygen atoms in total. The highest BCUT2D eigenvalue weighted by molar-refractivity contribution is 5.48. The fourth-order valence-electron chi connectivity index (χ4n) is 3.88. The minimum absolute atomic E-state index is 0.112. The van der Waals surface area contributed by atoms with Crippen molar-refractivity contribution in [2.75, 3.05) is 25.9 Å². The van der Waals surface area contributed by atoms with Gasteiger partial charge in [0.2, 0.25) is 0 Å². The van der Waals surface area contributed by atoms with Crippen molar-refractivity contribution in [2.24, 2.45) is 11.8 Å². The molecule has 2 N–H and O–H groups in total. The zero-order valence-corrected chi connectivity index (χ0v) is 10.7. The van der Waals surface area contributed by atoms with Crippen LogP contribution in [0.4, 0.5) is 18.9 Å². The first-order valence-corrected chi connectivity index (χ1v) is 6.44. The number of halogens is 3. The summed E-state index contributed by atoms with van der Waals surface area (Å²) in [5, 5.41) is 0. The summed E-state index contributed by atoms with van der Waals surface area (Å²) in [6.45, 7) is 1.49. The molecule has 1 saturated heterocycles. The summed E-state index contributed by atoms with van der Waals surface area (Å²) in [5.41, 5.74) is 6.29. The lowest BCUT2D eigenvalue weighted by Gasteiger charge is -2.26. The minimum atomic E-state index is -4.13. The molecule has 1 saturated carbocycles. The lowest BCUT2D eigenvalue weighted by atomic mass is 9.86. The number of anilines is 1. The summed E-state index contributed by atoms with van der Waals surface area (Å²) in [6, 6.07) is 6.97. The predicted octanol–water partition coefficient (Wildman–Crippen LogP) is 2.65. The molecule has 2 atom stereocenters. The molecule has 0 spiro atoms. The molecule has 0 bridgehead atoms. The van der Waals surface area contributed by atoms with E-state index < -0.39 is 18.0 Å². The Bertz CT molecular complexity index is 486. The van der Waals surface area contributed by atoms with Crippen LogP contribution in [-0.2, 0) is 5.41 Å². The maximum Gasteiger partial charge on any atom is 0.389 e. The van der Waals surface area contributed by atoms with Gasteiger partial charge in [-0.1, -0.05) is 12.1 Å². The molecule has 1 heterocycles. The quantitative estimate of drug-likeness (QED) is 0.837. The van der Waals surface area contributed by atoms with Gasteiger partial charge < -0.3 is 10.6 Å². The van der Waals surface area contributed by atoms with Crippen molar-refractivity contribution in [1.82, 2.24) is 4.90 Å². The lowest BCUT2D eigenvalue weighted by molar-refractivity contribution is -0.143. The number of alkyl halides is 3. The van der Waals surface area contributed by atoms with E-state index in [2.05, 4.69) is 4.90 Å². The van der Waals surface area contributed by atoms with E-state index in [0.717, 1.165) is 18.7 Å². The van der Waals surface area contributed by atoms with Gasteiger partial charge in [0.15, 0.2) is 0 Å². The Kier molecular flexibility index (Phi) is 2.61. The van der Waals surface area contributed by atoms with Crippen molar-refractivity contribution in [3.63, 3.8) is 0 Å². The van der Waals surface area contributed by atoms with E-state index in [1.165, 1.54) is 0 Å². The third-order valence-electron chi connectivity index (χ3n) is 4.63. The van der Waals surface area contributed by atoms with Crippen LogP contribution in [0.15, 0.2) is 24.3 Å². The summed E-state index contributed by atoms with van der Waals surface area (Å²) in [7, 11) is 1.96. The summed E-state index contributed by atoms with van der Waals surface area (Å²) in [4.78, 5) is 2.11. The molecule has 3 rings (SSSR count). The Balaban J connectivity index is 1.96. The Labute approximate surface area is 110 Å². The first kappa shape index (κ1) is 12.8. The van der Waals surface area contributed by atoms with Gasteiger partial charge in [-0.05, 0) is 36.6 Å². The van der Waals surface area contributed by atoms with E-state index in [1.54, 1.807) is 24.3 Å². The van der Waals surface area contributed by atoms with Gasteiger partial charge in [-0.15, -0.1) is 0 Å². The van der Waals surface area contributed by atoms with Crippen LogP contribution in [0.1, 0.15) is 12.0 Å². The van der Waals surface area contributed by atoms with Gasteiger partial charge in [0.1, 0.15) is 0 Å². The van der Waals surface area contributed by atoms with Crippen LogP contribution in [-0.4, -0.2) is 31.2 Å². The summed E-state index contributed by atoms with van der Waals surface area (Å²) < 4.78 is 38.8. The molecule has 5 heteroatoms. The lowest BCUT2D eigenvalue weighted by Crippen LogP contribution is -2.31. The van der Waals surface area contributed by atoms with Gasteiger partial charge in [0.25, 0.3) is 0 Å². The predicted molar refractivity (Wildman–Crippen MR) is 67.7 cm³/mol. The van der Waals surface area contributed by atoms with Gasteiger partial charge in [0.05, 0.1) is 6.42 Å². The molecule has 2 unspecified atom stereocenters. The van der Waals surface area contributed by atoms with Crippen LogP contribution in [0.3, 0.4) is 0 Å². The monoisotopic (exact) mass is 270 g/mol. The van der Waals surface area contributed by atoms with E-state index in [9.17, 15) is 13.2 Å². The second-order valence-electron chi connectivity index (χ2n) is 5.89. The Morgan fingerprint density at radius 2 is 1.95 bits per heavy atom. The second kappa shape index (κ2) is 3.88. The third kappa shape index (κ3) is 2.00. The van der Waals surface area contributed by atoms with E-state index >= 15 is 0 Å². The van der Waals surface area contributed by atoms with Crippen molar-refractivity contribution in [2.45, 2.75) is 18.0 Å². The topological polar surface area (TPSA) is 29.3 Å². The number of likely N-dealkylation sites (tertiary alicyclic amines) is 1. The van der Waals surface area contributed by atoms with Crippen LogP contribution in [0.25, 0.3) is 0 Å². The molecular formula is C14H17F3N2. The van der Waals surface area contributed by atoms with E-state index in [4.69, 9.17) is 5.73 Å². The van der Waals surface area contributed by atoms with Crippen LogP contribution < -0.4 is 5.73 Å². The van der Waals surface area contributed by atoms with E-state index in [-0.39, 0.29) is 11.8 Å². The van der Waals surface area contributed by atoms with Gasteiger partial charge >= 0.3 is 6.18 Å². The van der Waals surface area contributed by atoms with Crippen LogP contribution in [0, 0.1) is 11.8 Å². The van der Waals surface area contributed by atoms with Crippen molar-refractivity contribution in [1.29, 1.82) is 0 Å². The first-order valence-electron chi connectivity index (χ1n) is 6.44. The highest BCUT2D eigenvalue weighted by Crippen LogP contribution is 2.67. The van der Waals surface area contributed by atoms with Crippen LogP contribution >= 0.6 is 0 Å². The smallest absolute Gasteiger partial charge is 0.389 e. The highest BCUT2D eigenvalue weighted by atomic mass is 19.4. The summed E-state index contributed by atoms with van der Waals surface area (Å²) in [5.74, 6) is 0.224. The molecule has 1 aromatic rings. The number of rotatable bonds is 2. The third-order valence-corrected chi connectivity index (χ3v) is 4.63. The fraction of sp³-hybridized carbons (Fsp3) is 0.571. The van der Waals surface area contributed by atoms with Gasteiger partial charge in [-0.2, -0.15) is 13.2 Å². The van der Waals surface area contributed by atoms with Crippen LogP contribution in [0.2, 0.25) is 0 Å². The molecule has 19 heavy (non-hydrogen) atoms. The molecule has 2 fully saturated rings. The molecule has 1 aliphatic heterocycles. The fourth-order valence-corrected chi connectivity index (χ4v) is 3.88. The van der Waals surface area contributed by atoms with Crippen molar-refractivity contribution < 1.29 is 13.2 Å². The number of hydrogen-bond acceptors (Lipinski definition) is 2. The van der Waals surface area contributed by atoms with Gasteiger partial charge in [0, 0.05) is 24.2 Å². The average molecular weight is 270 g/mol. The number of fused-ring (bicyclic) bond motifs is 1. The Hall–Kier alpha value is -1.23. The normalized spacial score (nSPS) is 34.3. The van der Waals surface area contributed by atoms with Crippen molar-refractivity contribution in [3.05, 3.63) is 29.8 Å². The molecular weight excluding hydrogens is 253 g/mol. The zero-order valence-electron chi connectivity index (χ0n) is 10.7. The zero-order chi connectivity index (χ0) is 13.8. The van der Waals surface area contributed by atoms with Crippen molar-refractivity contribution in [3.8, 4) is 0 Å². The molecule has 1 aromatic carbocycles. The van der Waals surface area contributed by atoms with E-state index in [1.807, 2.05) is 7.05 Å². The SMILES string of the molecule is CN1CC2C(C1)C2(CC(F)(F)F)c1cccc(N)c1. The average Bonchev–Trinajstić information content (AvgIpc) is 2.67. The van der Waals surface area contributed by atoms with Crippen LogP contribution in [0.5, 0.6) is 0 Å². The number of nitrogens with zero attached hydrogens (tertiary/aromatic N) is 1. The number of benzene rings is 1. The largest absolute Gasteiger partial charge is 0.399 e. The standard InChI is InChI=1S/C14H17F3N2/c1-19-6-11-12(7-19)13(11,8-14(15,16)17)9-3-2-4-10(18)5-9/h2-5,11-12H,6-8,18H2,1H3. The van der Waals surface area contributed by atoms with Gasteiger partial charge in [-0.25, -0.2) is 0 Å². The number of nitrogens with two attached hydrogens (primary N) is 1. The maximum atomic E-state index is 12.9. The number of piperidine rings is 1. The molecule has 104 valence electrons. The highest BCUT2D eigenvalue weighted by Gasteiger charge is 2.70. The number of nitrogen functional groups attached to an aromatic ring is 1. The summed E-state index contributed by atoms with van der Waals surface area (Å²) >= 11 is 0. The molecule has 2 aliphatic rings. The van der Waals surface area contributed by atoms with Gasteiger partial charge in [-0.3, -0.25) is 0 Å². The Morgan fingerprint density at radius 1 is 1.32 bits per heavy atom. The first-order chi connectivity index (χ1) is 8.83. The molecule has 0 amide bonds. The van der Waals surface area contributed by atoms with E-state index in [0.29, 0.717) is 5.69 Å². The molecule has 1 aliphatic carbocycles. The minimum Gasteiger partial charge on any atom is -0.399 e. The summed E-state index contributed by atoms with van der Waals surface area (Å²) in [6.07, 6.45) is -4.86.